The summed E-state index contributed by atoms with van der Waals surface area (Å²) in [6, 6.07) is -0.229. The maximum atomic E-state index is 12.4. The van der Waals surface area contributed by atoms with Gasteiger partial charge in [-0.05, 0) is 13.8 Å². The fraction of sp³-hybridized carbons (Fsp3) is 0.600. The van der Waals surface area contributed by atoms with Crippen LogP contribution in [0.2, 0.25) is 0 Å². The fourth-order valence-corrected chi connectivity index (χ4v) is 1.42. The summed E-state index contributed by atoms with van der Waals surface area (Å²) in [5.41, 5.74) is 0. The predicted molar refractivity (Wildman–Crippen MR) is 38.7 cm³/mol. The van der Waals surface area contributed by atoms with Crippen molar-refractivity contribution in [2.45, 2.75) is 25.0 Å². The van der Waals surface area contributed by atoms with Crippen LogP contribution in [-0.2, 0) is 10.2 Å². The van der Waals surface area contributed by atoms with Gasteiger partial charge in [-0.15, -0.1) is 0 Å². The smallest absolute Gasteiger partial charge is 0.232 e. The number of halogens is 1. The number of hydrogen-bond donors (Lipinski definition) is 0. The molecule has 7 heteroatoms. The summed E-state index contributed by atoms with van der Waals surface area (Å²) in [4.78, 5) is 3.30. The largest absolute Gasteiger partial charge is 0.367 e. The first-order chi connectivity index (χ1) is 5.43. The van der Waals surface area contributed by atoms with E-state index in [-0.39, 0.29) is 6.04 Å². The molecule has 0 N–H and O–H groups in total. The lowest BCUT2D eigenvalue weighted by molar-refractivity contribution is 0.458. The average molecular weight is 193 g/mol. The first-order valence-electron chi connectivity index (χ1n) is 3.27. The molecule has 1 rings (SSSR count). The molecule has 0 saturated carbocycles. The maximum absolute atomic E-state index is 12.4. The average Bonchev–Trinajstić information content (AvgIpc) is 2.30. The van der Waals surface area contributed by atoms with Crippen molar-refractivity contribution in [1.82, 2.24) is 14.8 Å². The Kier molecular flexibility index (Phi) is 2.14. The van der Waals surface area contributed by atoms with Crippen LogP contribution in [0.3, 0.4) is 0 Å². The third-order valence-electron chi connectivity index (χ3n) is 1.25. The summed E-state index contributed by atoms with van der Waals surface area (Å²) < 4.78 is 34.3. The second-order valence-electron chi connectivity index (χ2n) is 2.52. The molecule has 0 atom stereocenters. The van der Waals surface area contributed by atoms with Gasteiger partial charge in [0.2, 0.25) is 0 Å². The molecule has 0 aliphatic carbocycles. The minimum absolute atomic E-state index is 0.229. The SMILES string of the molecule is CC(C)n1ncnc1S(=O)(=O)F. The summed E-state index contributed by atoms with van der Waals surface area (Å²) in [6.07, 6.45) is 1.01. The van der Waals surface area contributed by atoms with Gasteiger partial charge in [0.25, 0.3) is 5.16 Å². The molecule has 0 radical (unpaired) electrons. The Balaban J connectivity index is 3.26. The zero-order chi connectivity index (χ0) is 9.35. The van der Waals surface area contributed by atoms with Gasteiger partial charge >= 0.3 is 10.2 Å². The Bertz CT molecular complexity index is 370. The Morgan fingerprint density at radius 3 is 2.50 bits per heavy atom. The van der Waals surface area contributed by atoms with E-state index in [1.54, 1.807) is 13.8 Å². The number of rotatable bonds is 2. The first-order valence-corrected chi connectivity index (χ1v) is 4.65. The van der Waals surface area contributed by atoms with Crippen molar-refractivity contribution in [1.29, 1.82) is 0 Å². The third kappa shape index (κ3) is 1.60. The molecule has 0 spiro atoms. The molecule has 0 bridgehead atoms. The van der Waals surface area contributed by atoms with Crippen molar-refractivity contribution in [3.63, 3.8) is 0 Å². The number of aromatic nitrogens is 3. The fourth-order valence-electron chi connectivity index (χ4n) is 0.768. The molecule has 0 unspecified atom stereocenters. The van der Waals surface area contributed by atoms with E-state index in [4.69, 9.17) is 0 Å². The molecular formula is C5H8FN3O2S. The van der Waals surface area contributed by atoms with Crippen molar-refractivity contribution in [3.8, 4) is 0 Å². The second-order valence-corrected chi connectivity index (χ2v) is 3.76. The highest BCUT2D eigenvalue weighted by molar-refractivity contribution is 7.86. The summed E-state index contributed by atoms with van der Waals surface area (Å²) >= 11 is 0. The van der Waals surface area contributed by atoms with Crippen LogP contribution >= 0.6 is 0 Å². The Morgan fingerprint density at radius 1 is 1.58 bits per heavy atom. The molecule has 0 aromatic carbocycles. The third-order valence-corrected chi connectivity index (χ3v) is 1.98. The van der Waals surface area contributed by atoms with E-state index in [9.17, 15) is 12.3 Å². The van der Waals surface area contributed by atoms with Gasteiger partial charge in [-0.1, -0.05) is 3.89 Å². The van der Waals surface area contributed by atoms with Crippen LogP contribution in [-0.4, -0.2) is 23.2 Å². The van der Waals surface area contributed by atoms with Crippen LogP contribution in [0.4, 0.5) is 3.89 Å². The van der Waals surface area contributed by atoms with Crippen LogP contribution < -0.4 is 0 Å². The summed E-state index contributed by atoms with van der Waals surface area (Å²) in [7, 11) is -4.75. The van der Waals surface area contributed by atoms with Gasteiger partial charge in [0.05, 0.1) is 0 Å². The van der Waals surface area contributed by atoms with Crippen LogP contribution in [0.5, 0.6) is 0 Å². The van der Waals surface area contributed by atoms with E-state index in [1.165, 1.54) is 0 Å². The highest BCUT2D eigenvalue weighted by Gasteiger charge is 2.21. The molecule has 68 valence electrons. The Labute approximate surface area is 69.4 Å². The van der Waals surface area contributed by atoms with E-state index in [0.717, 1.165) is 11.0 Å². The molecule has 0 aliphatic rings. The quantitative estimate of drug-likeness (QED) is 0.642. The molecule has 5 nitrogen and oxygen atoms in total. The summed E-state index contributed by atoms with van der Waals surface area (Å²) in [5.74, 6) is 0. The minimum atomic E-state index is -4.75. The van der Waals surface area contributed by atoms with Crippen LogP contribution in [0.15, 0.2) is 11.5 Å². The predicted octanol–water partition coefficient (Wildman–Crippen LogP) is 0.517. The van der Waals surface area contributed by atoms with E-state index < -0.39 is 15.4 Å². The molecule has 12 heavy (non-hydrogen) atoms. The van der Waals surface area contributed by atoms with Crippen molar-refractivity contribution in [2.24, 2.45) is 0 Å². The second kappa shape index (κ2) is 2.81. The zero-order valence-corrected chi connectivity index (χ0v) is 7.42. The first kappa shape index (κ1) is 9.11. The van der Waals surface area contributed by atoms with Crippen LogP contribution in [0.1, 0.15) is 19.9 Å². The molecule has 0 fully saturated rings. The molecule has 0 saturated heterocycles. The Morgan fingerprint density at radius 2 is 2.17 bits per heavy atom. The lowest BCUT2D eigenvalue weighted by Crippen LogP contribution is -2.10. The highest BCUT2D eigenvalue weighted by Crippen LogP contribution is 2.12. The summed E-state index contributed by atoms with van der Waals surface area (Å²) in [6.45, 7) is 3.37. The van der Waals surface area contributed by atoms with Gasteiger partial charge in [-0.25, -0.2) is 9.67 Å². The molecule has 0 amide bonds. The van der Waals surface area contributed by atoms with Gasteiger partial charge in [0.15, 0.2) is 0 Å². The van der Waals surface area contributed by atoms with E-state index >= 15 is 0 Å². The van der Waals surface area contributed by atoms with Crippen molar-refractivity contribution < 1.29 is 12.3 Å². The normalized spacial score (nSPS) is 12.3. The molecule has 1 aromatic heterocycles. The lowest BCUT2D eigenvalue weighted by atomic mass is 10.4. The Hall–Kier alpha value is -0.980. The zero-order valence-electron chi connectivity index (χ0n) is 6.60. The highest BCUT2D eigenvalue weighted by atomic mass is 32.3. The van der Waals surface area contributed by atoms with Gasteiger partial charge in [0, 0.05) is 6.04 Å². The van der Waals surface area contributed by atoms with E-state index in [0.29, 0.717) is 0 Å². The van der Waals surface area contributed by atoms with Gasteiger partial charge in [0.1, 0.15) is 6.33 Å². The summed E-state index contributed by atoms with van der Waals surface area (Å²) in [5, 5.41) is 2.93. The van der Waals surface area contributed by atoms with Crippen molar-refractivity contribution in [3.05, 3.63) is 6.33 Å². The van der Waals surface area contributed by atoms with Crippen LogP contribution in [0.25, 0.3) is 0 Å². The topological polar surface area (TPSA) is 64.8 Å². The molecule has 1 aromatic rings. The lowest BCUT2D eigenvalue weighted by Gasteiger charge is -2.05. The van der Waals surface area contributed by atoms with Crippen molar-refractivity contribution >= 4 is 10.2 Å². The maximum Gasteiger partial charge on any atom is 0.367 e. The van der Waals surface area contributed by atoms with Gasteiger partial charge < -0.3 is 0 Å². The number of hydrogen-bond acceptors (Lipinski definition) is 4. The molecule has 1 heterocycles. The van der Waals surface area contributed by atoms with Gasteiger partial charge in [-0.2, -0.15) is 13.5 Å². The monoisotopic (exact) mass is 193 g/mol. The number of nitrogens with zero attached hydrogens (tertiary/aromatic N) is 3. The van der Waals surface area contributed by atoms with Gasteiger partial charge in [-0.3, -0.25) is 0 Å². The standard InChI is InChI=1S/C5H8FN3O2S/c1-4(2)9-5(7-3-8-9)12(6,10)11/h3-4H,1-2H3. The van der Waals surface area contributed by atoms with Crippen molar-refractivity contribution in [2.75, 3.05) is 0 Å². The van der Waals surface area contributed by atoms with E-state index in [2.05, 4.69) is 10.1 Å². The molecular weight excluding hydrogens is 185 g/mol. The molecule has 0 aliphatic heterocycles. The van der Waals surface area contributed by atoms with Crippen LogP contribution in [0, 0.1) is 0 Å². The van der Waals surface area contributed by atoms with E-state index in [1.807, 2.05) is 0 Å². The minimum Gasteiger partial charge on any atom is -0.232 e.